The van der Waals surface area contributed by atoms with Gasteiger partial charge in [-0.25, -0.2) is 4.79 Å². The number of halogens is 1. The summed E-state index contributed by atoms with van der Waals surface area (Å²) in [4.78, 5) is 28.1. The molecule has 2 heterocycles. The minimum Gasteiger partial charge on any atom is -0.462 e. The van der Waals surface area contributed by atoms with Crippen molar-refractivity contribution in [2.45, 2.75) is 27.7 Å². The van der Waals surface area contributed by atoms with E-state index in [0.29, 0.717) is 28.1 Å². The van der Waals surface area contributed by atoms with Gasteiger partial charge in [0.15, 0.2) is 5.76 Å². The van der Waals surface area contributed by atoms with Crippen LogP contribution in [0.5, 0.6) is 0 Å². The lowest BCUT2D eigenvalue weighted by Crippen LogP contribution is -2.08. The van der Waals surface area contributed by atoms with Gasteiger partial charge in [0.05, 0.1) is 17.9 Å². The molecular weight excluding hydrogens is 386 g/mol. The van der Waals surface area contributed by atoms with Crippen LogP contribution in [0.4, 0.5) is 0 Å². The van der Waals surface area contributed by atoms with E-state index in [1.165, 1.54) is 0 Å². The van der Waals surface area contributed by atoms with Gasteiger partial charge in [-0.3, -0.25) is 4.79 Å². The van der Waals surface area contributed by atoms with Crippen LogP contribution in [0, 0.1) is 20.8 Å². The number of benzene rings is 1. The lowest BCUT2D eigenvalue weighted by atomic mass is 10.0. The maximum atomic E-state index is 13.0. The van der Waals surface area contributed by atoms with Crippen LogP contribution in [0.25, 0.3) is 11.0 Å². The van der Waals surface area contributed by atoms with E-state index >= 15 is 0 Å². The molecule has 6 heteroatoms. The number of aromatic amines is 1. The predicted octanol–water partition coefficient (Wildman–Crippen LogP) is 4.86. The second-order valence-corrected chi connectivity index (χ2v) is 6.79. The number of carbonyl (C=O) groups is 2. The lowest BCUT2D eigenvalue weighted by molar-refractivity contribution is 0.0525. The molecular formula is C19H18BrNO4. The molecule has 2 aromatic heterocycles. The Balaban J connectivity index is 2.09. The minimum absolute atomic E-state index is 0.271. The first-order valence-electron chi connectivity index (χ1n) is 7.94. The van der Waals surface area contributed by atoms with E-state index in [1.54, 1.807) is 20.8 Å². The number of fused-ring (bicyclic) bond motifs is 1. The molecule has 1 N–H and O–H groups in total. The molecule has 0 saturated carbocycles. The molecule has 0 unspecified atom stereocenters. The Morgan fingerprint density at radius 3 is 2.60 bits per heavy atom. The van der Waals surface area contributed by atoms with Gasteiger partial charge in [-0.2, -0.15) is 0 Å². The fourth-order valence-electron chi connectivity index (χ4n) is 3.01. The van der Waals surface area contributed by atoms with Crippen molar-refractivity contribution >= 4 is 38.7 Å². The molecule has 130 valence electrons. The zero-order valence-corrected chi connectivity index (χ0v) is 16.0. The highest BCUT2D eigenvalue weighted by molar-refractivity contribution is 9.10. The van der Waals surface area contributed by atoms with E-state index in [1.807, 2.05) is 25.1 Å². The van der Waals surface area contributed by atoms with Crippen LogP contribution in [0.2, 0.25) is 0 Å². The van der Waals surface area contributed by atoms with Gasteiger partial charge in [0.2, 0.25) is 5.78 Å². The van der Waals surface area contributed by atoms with Crippen molar-refractivity contribution in [3.63, 3.8) is 0 Å². The van der Waals surface area contributed by atoms with Gasteiger partial charge in [0.1, 0.15) is 5.58 Å². The second-order valence-electron chi connectivity index (χ2n) is 5.87. The Kier molecular flexibility index (Phi) is 4.56. The average Bonchev–Trinajstić information content (AvgIpc) is 3.04. The van der Waals surface area contributed by atoms with Crippen LogP contribution < -0.4 is 0 Å². The van der Waals surface area contributed by atoms with Gasteiger partial charge >= 0.3 is 5.97 Å². The summed E-state index contributed by atoms with van der Waals surface area (Å²) in [5.74, 6) is -0.438. The van der Waals surface area contributed by atoms with Crippen molar-refractivity contribution < 1.29 is 18.7 Å². The summed E-state index contributed by atoms with van der Waals surface area (Å²) >= 11 is 3.43. The summed E-state index contributed by atoms with van der Waals surface area (Å²) < 4.78 is 11.8. The number of nitrogens with one attached hydrogen (secondary N) is 1. The van der Waals surface area contributed by atoms with Gasteiger partial charge in [0.25, 0.3) is 0 Å². The van der Waals surface area contributed by atoms with Gasteiger partial charge in [-0.15, -0.1) is 0 Å². The van der Waals surface area contributed by atoms with Crippen LogP contribution in [0.3, 0.4) is 0 Å². The van der Waals surface area contributed by atoms with Crippen molar-refractivity contribution in [1.82, 2.24) is 4.98 Å². The molecule has 0 amide bonds. The smallest absolute Gasteiger partial charge is 0.340 e. The molecule has 3 aromatic rings. The normalized spacial score (nSPS) is 11.1. The summed E-state index contributed by atoms with van der Waals surface area (Å²) in [6.07, 6.45) is 0. The quantitative estimate of drug-likeness (QED) is 0.498. The van der Waals surface area contributed by atoms with Crippen molar-refractivity contribution in [3.05, 3.63) is 56.5 Å². The number of ketones is 1. The third-order valence-corrected chi connectivity index (χ3v) is 4.74. The number of hydrogen-bond acceptors (Lipinski definition) is 4. The molecule has 0 aliphatic heterocycles. The molecule has 3 rings (SSSR count). The Hall–Kier alpha value is -2.34. The Labute approximate surface area is 153 Å². The van der Waals surface area contributed by atoms with E-state index in [4.69, 9.17) is 9.15 Å². The number of furan rings is 1. The second kappa shape index (κ2) is 6.52. The maximum absolute atomic E-state index is 13.0. The van der Waals surface area contributed by atoms with Gasteiger partial charge in [-0.1, -0.05) is 15.9 Å². The zero-order valence-electron chi connectivity index (χ0n) is 14.5. The fourth-order valence-corrected chi connectivity index (χ4v) is 3.37. The van der Waals surface area contributed by atoms with E-state index in [9.17, 15) is 9.59 Å². The molecule has 0 radical (unpaired) electrons. The fraction of sp³-hybridized carbons (Fsp3) is 0.263. The van der Waals surface area contributed by atoms with Crippen LogP contribution >= 0.6 is 15.9 Å². The van der Waals surface area contributed by atoms with Crippen molar-refractivity contribution in [3.8, 4) is 0 Å². The molecule has 25 heavy (non-hydrogen) atoms. The molecule has 1 aromatic carbocycles. The van der Waals surface area contributed by atoms with Gasteiger partial charge in [0, 0.05) is 21.1 Å². The van der Waals surface area contributed by atoms with Crippen LogP contribution in [-0.2, 0) is 4.74 Å². The Bertz CT molecular complexity index is 997. The van der Waals surface area contributed by atoms with Crippen LogP contribution in [0.1, 0.15) is 50.4 Å². The Morgan fingerprint density at radius 2 is 1.92 bits per heavy atom. The summed E-state index contributed by atoms with van der Waals surface area (Å²) in [7, 11) is 0. The number of aryl methyl sites for hydroxylation is 2. The standard InChI is InChI=1S/C19H18BrNO4/c1-5-24-19(23)15-10(3)16(21-11(15)4)17(22)18-9(2)13-8-12(20)6-7-14(13)25-18/h6-8,21H,5H2,1-4H3. The summed E-state index contributed by atoms with van der Waals surface area (Å²) in [6.45, 7) is 7.36. The van der Waals surface area contributed by atoms with E-state index in [2.05, 4.69) is 20.9 Å². The number of aromatic nitrogens is 1. The highest BCUT2D eigenvalue weighted by Gasteiger charge is 2.27. The van der Waals surface area contributed by atoms with Crippen LogP contribution in [-0.4, -0.2) is 23.3 Å². The molecule has 0 bridgehead atoms. The topological polar surface area (TPSA) is 72.3 Å². The van der Waals surface area contributed by atoms with Crippen molar-refractivity contribution in [1.29, 1.82) is 0 Å². The Morgan fingerprint density at radius 1 is 1.20 bits per heavy atom. The van der Waals surface area contributed by atoms with Gasteiger partial charge in [-0.05, 0) is 51.5 Å². The predicted molar refractivity (Wildman–Crippen MR) is 98.3 cm³/mol. The van der Waals surface area contributed by atoms with E-state index in [-0.39, 0.29) is 18.2 Å². The number of ether oxygens (including phenoxy) is 1. The first-order chi connectivity index (χ1) is 11.8. The molecule has 0 spiro atoms. The van der Waals surface area contributed by atoms with Crippen molar-refractivity contribution in [2.24, 2.45) is 0 Å². The number of rotatable bonds is 4. The monoisotopic (exact) mass is 403 g/mol. The summed E-state index contributed by atoms with van der Waals surface area (Å²) in [5.41, 5.74) is 3.35. The number of carbonyl (C=O) groups excluding carboxylic acids is 2. The summed E-state index contributed by atoms with van der Waals surface area (Å²) in [5, 5.41) is 0.879. The molecule has 0 atom stereocenters. The summed E-state index contributed by atoms with van der Waals surface area (Å²) in [6, 6.07) is 5.60. The molecule has 0 saturated heterocycles. The maximum Gasteiger partial charge on any atom is 0.340 e. The average molecular weight is 404 g/mol. The highest BCUT2D eigenvalue weighted by atomic mass is 79.9. The molecule has 0 fully saturated rings. The molecule has 0 aliphatic rings. The number of H-pyrrole nitrogens is 1. The SMILES string of the molecule is CCOC(=O)c1c(C)[nH]c(C(=O)c2oc3ccc(Br)cc3c2C)c1C. The third-order valence-electron chi connectivity index (χ3n) is 4.25. The first-order valence-corrected chi connectivity index (χ1v) is 8.74. The highest BCUT2D eigenvalue weighted by Crippen LogP contribution is 2.30. The van der Waals surface area contributed by atoms with Crippen molar-refractivity contribution in [2.75, 3.05) is 6.61 Å². The van der Waals surface area contributed by atoms with E-state index < -0.39 is 5.97 Å². The molecule has 0 aliphatic carbocycles. The lowest BCUT2D eigenvalue weighted by Gasteiger charge is -2.02. The largest absolute Gasteiger partial charge is 0.462 e. The van der Waals surface area contributed by atoms with Gasteiger partial charge < -0.3 is 14.1 Å². The number of esters is 1. The third kappa shape index (κ3) is 2.91. The zero-order chi connectivity index (χ0) is 18.3. The first kappa shape index (κ1) is 17.5. The molecule has 5 nitrogen and oxygen atoms in total. The number of hydrogen-bond donors (Lipinski definition) is 1. The minimum atomic E-state index is -0.432. The van der Waals surface area contributed by atoms with Crippen LogP contribution in [0.15, 0.2) is 27.1 Å². The van der Waals surface area contributed by atoms with E-state index in [0.717, 1.165) is 15.4 Å².